The standard InChI is InChI=1S/C23H24N4O2/c24-22(28)18-8-11-21(27-14-2-1-3-15-27)20(16-18)25-23(29)17-6-9-19(10-7-17)26-12-4-5-13-26/h4-13,16H,1-3,14-15H2,(H2,24,28)(H,25,29). The van der Waals surface area contributed by atoms with Crippen LogP contribution in [0.1, 0.15) is 40.0 Å². The largest absolute Gasteiger partial charge is 0.370 e. The molecule has 0 spiro atoms. The lowest BCUT2D eigenvalue weighted by atomic mass is 10.1. The van der Waals surface area contributed by atoms with Crippen molar-refractivity contribution >= 4 is 23.2 Å². The monoisotopic (exact) mass is 388 g/mol. The zero-order chi connectivity index (χ0) is 20.2. The van der Waals surface area contributed by atoms with Crippen molar-refractivity contribution < 1.29 is 9.59 Å². The number of nitrogens with two attached hydrogens (primary N) is 1. The van der Waals surface area contributed by atoms with Crippen LogP contribution in [-0.4, -0.2) is 29.5 Å². The molecule has 4 rings (SSSR count). The van der Waals surface area contributed by atoms with E-state index in [1.165, 1.54) is 6.42 Å². The highest BCUT2D eigenvalue weighted by atomic mass is 16.2. The summed E-state index contributed by atoms with van der Waals surface area (Å²) < 4.78 is 1.98. The van der Waals surface area contributed by atoms with E-state index in [-0.39, 0.29) is 5.91 Å². The molecular weight excluding hydrogens is 364 g/mol. The molecule has 0 saturated carbocycles. The highest BCUT2D eigenvalue weighted by Crippen LogP contribution is 2.30. The fraction of sp³-hybridized carbons (Fsp3) is 0.217. The summed E-state index contributed by atoms with van der Waals surface area (Å²) in [5.41, 5.74) is 8.90. The van der Waals surface area contributed by atoms with Gasteiger partial charge in [0, 0.05) is 42.3 Å². The molecule has 1 saturated heterocycles. The van der Waals surface area contributed by atoms with Gasteiger partial charge in [0.25, 0.3) is 5.91 Å². The molecule has 6 nitrogen and oxygen atoms in total. The lowest BCUT2D eigenvalue weighted by Gasteiger charge is -2.30. The van der Waals surface area contributed by atoms with Crippen molar-refractivity contribution in [2.75, 3.05) is 23.3 Å². The number of aromatic nitrogens is 1. The van der Waals surface area contributed by atoms with Crippen LogP contribution in [0.3, 0.4) is 0 Å². The number of hydrogen-bond acceptors (Lipinski definition) is 3. The Bertz CT molecular complexity index is 1000. The van der Waals surface area contributed by atoms with Crippen molar-refractivity contribution in [3.05, 3.63) is 78.1 Å². The second-order valence-corrected chi connectivity index (χ2v) is 7.24. The average molecular weight is 388 g/mol. The zero-order valence-electron chi connectivity index (χ0n) is 16.2. The van der Waals surface area contributed by atoms with Crippen LogP contribution >= 0.6 is 0 Å². The molecular formula is C23H24N4O2. The first-order valence-corrected chi connectivity index (χ1v) is 9.85. The molecule has 0 unspecified atom stereocenters. The van der Waals surface area contributed by atoms with Crippen LogP contribution < -0.4 is 16.0 Å². The van der Waals surface area contributed by atoms with E-state index < -0.39 is 5.91 Å². The van der Waals surface area contributed by atoms with Gasteiger partial charge in [0.1, 0.15) is 0 Å². The van der Waals surface area contributed by atoms with Gasteiger partial charge in [-0.25, -0.2) is 0 Å². The lowest BCUT2D eigenvalue weighted by Crippen LogP contribution is -2.30. The quantitative estimate of drug-likeness (QED) is 0.697. The molecule has 2 aromatic carbocycles. The van der Waals surface area contributed by atoms with E-state index in [2.05, 4.69) is 10.2 Å². The minimum atomic E-state index is -0.512. The highest BCUT2D eigenvalue weighted by Gasteiger charge is 2.18. The van der Waals surface area contributed by atoms with Gasteiger partial charge in [-0.15, -0.1) is 0 Å². The molecule has 148 valence electrons. The number of carbonyl (C=O) groups is 2. The third-order valence-electron chi connectivity index (χ3n) is 5.26. The van der Waals surface area contributed by atoms with Gasteiger partial charge in [0.15, 0.2) is 0 Å². The maximum absolute atomic E-state index is 12.9. The molecule has 2 amide bonds. The maximum atomic E-state index is 12.9. The number of benzene rings is 2. The second-order valence-electron chi connectivity index (χ2n) is 7.24. The van der Waals surface area contributed by atoms with Gasteiger partial charge in [-0.05, 0) is 73.9 Å². The highest BCUT2D eigenvalue weighted by molar-refractivity contribution is 6.07. The molecule has 3 aromatic rings. The molecule has 0 bridgehead atoms. The lowest BCUT2D eigenvalue weighted by molar-refractivity contribution is 0.0996. The first kappa shape index (κ1) is 18.8. The molecule has 1 aliphatic heterocycles. The normalized spacial score (nSPS) is 13.9. The Morgan fingerprint density at radius 3 is 2.17 bits per heavy atom. The molecule has 1 aromatic heterocycles. The van der Waals surface area contributed by atoms with Crippen LogP contribution in [0.4, 0.5) is 11.4 Å². The van der Waals surface area contributed by atoms with E-state index >= 15 is 0 Å². The Balaban J connectivity index is 1.59. The van der Waals surface area contributed by atoms with Gasteiger partial charge in [-0.1, -0.05) is 0 Å². The van der Waals surface area contributed by atoms with Gasteiger partial charge in [0.2, 0.25) is 5.91 Å². The first-order valence-electron chi connectivity index (χ1n) is 9.85. The molecule has 0 radical (unpaired) electrons. The predicted molar refractivity (Wildman–Crippen MR) is 115 cm³/mol. The van der Waals surface area contributed by atoms with Crippen molar-refractivity contribution in [1.82, 2.24) is 4.57 Å². The molecule has 29 heavy (non-hydrogen) atoms. The van der Waals surface area contributed by atoms with Crippen molar-refractivity contribution in [2.45, 2.75) is 19.3 Å². The molecule has 2 heterocycles. The topological polar surface area (TPSA) is 80.4 Å². The van der Waals surface area contributed by atoms with E-state index in [1.54, 1.807) is 24.3 Å². The summed E-state index contributed by atoms with van der Waals surface area (Å²) in [7, 11) is 0. The summed E-state index contributed by atoms with van der Waals surface area (Å²) in [6.07, 6.45) is 7.35. The van der Waals surface area contributed by atoms with Gasteiger partial charge in [-0.3, -0.25) is 9.59 Å². The number of nitrogens with one attached hydrogen (secondary N) is 1. The molecule has 0 atom stereocenters. The number of primary amides is 1. The van der Waals surface area contributed by atoms with Crippen LogP contribution in [-0.2, 0) is 0 Å². The van der Waals surface area contributed by atoms with Crippen LogP contribution in [0.5, 0.6) is 0 Å². The third kappa shape index (κ3) is 4.16. The Kier molecular flexibility index (Phi) is 5.33. The van der Waals surface area contributed by atoms with Gasteiger partial charge >= 0.3 is 0 Å². The van der Waals surface area contributed by atoms with Crippen molar-refractivity contribution in [3.63, 3.8) is 0 Å². The molecule has 1 aliphatic rings. The summed E-state index contributed by atoms with van der Waals surface area (Å²) in [5.74, 6) is -0.731. The number of piperidine rings is 1. The van der Waals surface area contributed by atoms with E-state index in [4.69, 9.17) is 5.73 Å². The summed E-state index contributed by atoms with van der Waals surface area (Å²) >= 11 is 0. The summed E-state index contributed by atoms with van der Waals surface area (Å²) in [5, 5.41) is 2.98. The van der Waals surface area contributed by atoms with Gasteiger partial charge in [-0.2, -0.15) is 0 Å². The SMILES string of the molecule is NC(=O)c1ccc(N2CCCCC2)c(NC(=O)c2ccc(-n3cccc3)cc2)c1. The number of nitrogens with zero attached hydrogens (tertiary/aromatic N) is 2. The van der Waals surface area contributed by atoms with Crippen molar-refractivity contribution in [2.24, 2.45) is 5.73 Å². The predicted octanol–water partition coefficient (Wildman–Crippen LogP) is 3.82. The summed E-state index contributed by atoms with van der Waals surface area (Å²) in [6, 6.07) is 16.6. The number of amides is 2. The fourth-order valence-corrected chi connectivity index (χ4v) is 3.69. The maximum Gasteiger partial charge on any atom is 0.255 e. The van der Waals surface area contributed by atoms with Crippen LogP contribution in [0.15, 0.2) is 67.0 Å². The Morgan fingerprint density at radius 1 is 0.862 bits per heavy atom. The number of rotatable bonds is 5. The van der Waals surface area contributed by atoms with Crippen LogP contribution in [0.25, 0.3) is 5.69 Å². The minimum absolute atomic E-state index is 0.219. The number of carbonyl (C=O) groups excluding carboxylic acids is 2. The Hall–Kier alpha value is -3.54. The average Bonchev–Trinajstić information content (AvgIpc) is 3.29. The summed E-state index contributed by atoms with van der Waals surface area (Å²) in [6.45, 7) is 1.87. The van der Waals surface area contributed by atoms with E-state index in [9.17, 15) is 9.59 Å². The number of anilines is 2. The van der Waals surface area contributed by atoms with E-state index in [1.807, 2.05) is 47.3 Å². The van der Waals surface area contributed by atoms with E-state index in [0.717, 1.165) is 37.3 Å². The third-order valence-corrected chi connectivity index (χ3v) is 5.26. The molecule has 6 heteroatoms. The van der Waals surface area contributed by atoms with Crippen LogP contribution in [0.2, 0.25) is 0 Å². The second kappa shape index (κ2) is 8.22. The van der Waals surface area contributed by atoms with E-state index in [0.29, 0.717) is 16.8 Å². The van der Waals surface area contributed by atoms with Gasteiger partial charge < -0.3 is 20.5 Å². The Labute approximate surface area is 169 Å². The van der Waals surface area contributed by atoms with Crippen molar-refractivity contribution in [1.29, 1.82) is 0 Å². The van der Waals surface area contributed by atoms with Crippen LogP contribution in [0, 0.1) is 0 Å². The first-order chi connectivity index (χ1) is 14.1. The zero-order valence-corrected chi connectivity index (χ0v) is 16.2. The van der Waals surface area contributed by atoms with Crippen molar-refractivity contribution in [3.8, 4) is 5.69 Å². The molecule has 0 aliphatic carbocycles. The van der Waals surface area contributed by atoms with Gasteiger partial charge in [0.05, 0.1) is 11.4 Å². The minimum Gasteiger partial charge on any atom is -0.370 e. The summed E-state index contributed by atoms with van der Waals surface area (Å²) in [4.78, 5) is 26.8. The molecule has 1 fully saturated rings. The Morgan fingerprint density at radius 2 is 1.52 bits per heavy atom. The number of hydrogen-bond donors (Lipinski definition) is 2. The smallest absolute Gasteiger partial charge is 0.255 e. The fourth-order valence-electron chi connectivity index (χ4n) is 3.69. The molecule has 3 N–H and O–H groups in total.